The number of rotatable bonds is 7. The van der Waals surface area contributed by atoms with E-state index in [1.54, 1.807) is 31.2 Å². The molecular weight excluding hydrogens is 418 g/mol. The van der Waals surface area contributed by atoms with E-state index in [0.717, 1.165) is 5.69 Å². The molecule has 2 aromatic heterocycles. The van der Waals surface area contributed by atoms with Gasteiger partial charge in [0.05, 0.1) is 17.0 Å². The van der Waals surface area contributed by atoms with Gasteiger partial charge in [-0.1, -0.05) is 23.7 Å². The summed E-state index contributed by atoms with van der Waals surface area (Å²) in [5.74, 6) is -0.620. The van der Waals surface area contributed by atoms with Crippen molar-refractivity contribution < 1.29 is 17.9 Å². The van der Waals surface area contributed by atoms with Crippen LogP contribution in [0.25, 0.3) is 5.65 Å². The molecule has 3 aromatic rings. The van der Waals surface area contributed by atoms with Gasteiger partial charge in [-0.05, 0) is 37.3 Å². The number of ether oxygens (including phenoxy) is 1. The van der Waals surface area contributed by atoms with Gasteiger partial charge in [-0.2, -0.15) is 0 Å². The number of hydrogen-bond donors (Lipinski definition) is 1. The Labute approximate surface area is 172 Å². The van der Waals surface area contributed by atoms with Crippen LogP contribution in [0.2, 0.25) is 5.02 Å². The van der Waals surface area contributed by atoms with Gasteiger partial charge in [0.25, 0.3) is 5.56 Å². The molecule has 0 fully saturated rings. The van der Waals surface area contributed by atoms with Crippen LogP contribution in [0.4, 0.5) is 0 Å². The molecule has 1 N–H and O–H groups in total. The lowest BCUT2D eigenvalue weighted by Crippen LogP contribution is -2.27. The number of aryl methyl sites for hydroxylation is 1. The number of nitrogens with zero attached hydrogens (tertiary/aromatic N) is 2. The van der Waals surface area contributed by atoms with Crippen LogP contribution >= 0.6 is 11.6 Å². The second-order valence-corrected chi connectivity index (χ2v) is 8.42. The van der Waals surface area contributed by atoms with E-state index >= 15 is 0 Å². The summed E-state index contributed by atoms with van der Waals surface area (Å²) >= 11 is 5.79. The number of carbonyl (C=O) groups excluding carboxylic acids is 1. The number of benzene rings is 1. The molecule has 10 heteroatoms. The highest BCUT2D eigenvalue weighted by Crippen LogP contribution is 2.15. The van der Waals surface area contributed by atoms with Gasteiger partial charge in [0.2, 0.25) is 10.0 Å². The fourth-order valence-corrected chi connectivity index (χ4v) is 4.00. The van der Waals surface area contributed by atoms with Gasteiger partial charge < -0.3 is 4.74 Å². The third-order valence-electron chi connectivity index (χ3n) is 4.04. The van der Waals surface area contributed by atoms with Crippen molar-refractivity contribution in [1.29, 1.82) is 0 Å². The second-order valence-electron chi connectivity index (χ2n) is 6.21. The first-order valence-corrected chi connectivity index (χ1v) is 10.5. The molecule has 2 heterocycles. The molecule has 0 unspecified atom stereocenters. The highest BCUT2D eigenvalue weighted by Gasteiger charge is 2.15. The predicted molar refractivity (Wildman–Crippen MR) is 107 cm³/mol. The lowest BCUT2D eigenvalue weighted by Gasteiger charge is -2.09. The Morgan fingerprint density at radius 1 is 1.21 bits per heavy atom. The molecule has 0 saturated heterocycles. The molecule has 1 aromatic carbocycles. The molecule has 3 rings (SSSR count). The summed E-state index contributed by atoms with van der Waals surface area (Å²) in [6.45, 7) is 1.47. The van der Waals surface area contributed by atoms with Crippen molar-refractivity contribution in [3.05, 3.63) is 75.3 Å². The molecule has 152 valence electrons. The van der Waals surface area contributed by atoms with Gasteiger partial charge in [-0.3, -0.25) is 14.0 Å². The summed E-state index contributed by atoms with van der Waals surface area (Å²) in [5, 5.41) is 0.293. The van der Waals surface area contributed by atoms with Gasteiger partial charge in [0.15, 0.2) is 0 Å². The van der Waals surface area contributed by atoms with E-state index in [9.17, 15) is 18.0 Å². The van der Waals surface area contributed by atoms with E-state index in [-0.39, 0.29) is 30.0 Å². The third-order valence-corrected chi connectivity index (χ3v) is 5.74. The number of pyridine rings is 1. The van der Waals surface area contributed by atoms with Crippen LogP contribution in [0.1, 0.15) is 17.8 Å². The summed E-state index contributed by atoms with van der Waals surface area (Å²) in [6, 6.07) is 12.3. The Morgan fingerprint density at radius 3 is 2.72 bits per heavy atom. The van der Waals surface area contributed by atoms with Crippen molar-refractivity contribution in [2.24, 2.45) is 0 Å². The SMILES string of the molecule is Cc1cccc2nc(COC(=O)CCNS(=O)(=O)c3cccc(Cl)c3)cc(=O)n12. The van der Waals surface area contributed by atoms with E-state index in [1.807, 2.05) is 0 Å². The number of carbonyl (C=O) groups is 1. The van der Waals surface area contributed by atoms with E-state index in [1.165, 1.54) is 28.7 Å². The molecule has 0 saturated carbocycles. The number of sulfonamides is 1. The minimum atomic E-state index is -3.78. The highest BCUT2D eigenvalue weighted by molar-refractivity contribution is 7.89. The monoisotopic (exact) mass is 435 g/mol. The summed E-state index contributed by atoms with van der Waals surface area (Å²) in [5.41, 5.74) is 1.25. The van der Waals surface area contributed by atoms with Crippen molar-refractivity contribution in [1.82, 2.24) is 14.1 Å². The largest absolute Gasteiger partial charge is 0.459 e. The first-order valence-electron chi connectivity index (χ1n) is 8.65. The molecular formula is C19H18ClN3O5S. The van der Waals surface area contributed by atoms with Crippen molar-refractivity contribution >= 4 is 33.2 Å². The Kier molecular flexibility index (Phi) is 6.31. The predicted octanol–water partition coefficient (Wildman–Crippen LogP) is 2.07. The Balaban J connectivity index is 1.55. The van der Waals surface area contributed by atoms with Crippen molar-refractivity contribution in [2.45, 2.75) is 24.8 Å². The average molecular weight is 436 g/mol. The normalized spacial score (nSPS) is 11.5. The first-order chi connectivity index (χ1) is 13.8. The summed E-state index contributed by atoms with van der Waals surface area (Å²) in [6.07, 6.45) is -0.175. The minimum Gasteiger partial charge on any atom is -0.459 e. The summed E-state index contributed by atoms with van der Waals surface area (Å²) in [4.78, 5) is 28.4. The van der Waals surface area contributed by atoms with Gasteiger partial charge in [-0.15, -0.1) is 0 Å². The Bertz CT molecular complexity index is 1220. The Morgan fingerprint density at radius 2 is 1.97 bits per heavy atom. The second kappa shape index (κ2) is 8.73. The molecule has 0 aliphatic rings. The maximum absolute atomic E-state index is 12.2. The molecule has 0 amide bonds. The third kappa shape index (κ3) is 5.20. The van der Waals surface area contributed by atoms with Crippen molar-refractivity contribution in [2.75, 3.05) is 6.54 Å². The Hall–Kier alpha value is -2.75. The van der Waals surface area contributed by atoms with E-state index in [0.29, 0.717) is 16.4 Å². The van der Waals surface area contributed by atoms with Gasteiger partial charge >= 0.3 is 5.97 Å². The molecule has 0 spiro atoms. The highest BCUT2D eigenvalue weighted by atomic mass is 35.5. The molecule has 0 aliphatic heterocycles. The molecule has 8 nitrogen and oxygen atoms in total. The number of fused-ring (bicyclic) bond motifs is 1. The van der Waals surface area contributed by atoms with Gasteiger partial charge in [-0.25, -0.2) is 18.1 Å². The molecule has 0 radical (unpaired) electrons. The zero-order valence-electron chi connectivity index (χ0n) is 15.5. The van der Waals surface area contributed by atoms with Crippen LogP contribution in [-0.4, -0.2) is 30.3 Å². The van der Waals surface area contributed by atoms with E-state index < -0.39 is 16.0 Å². The molecule has 29 heavy (non-hydrogen) atoms. The van der Waals surface area contributed by atoms with Crippen LogP contribution in [0.5, 0.6) is 0 Å². The summed E-state index contributed by atoms with van der Waals surface area (Å²) < 4.78 is 33.2. The quantitative estimate of drug-likeness (QED) is 0.569. The molecule has 0 atom stereocenters. The first kappa shape index (κ1) is 21.0. The fourth-order valence-electron chi connectivity index (χ4n) is 2.67. The number of hydrogen-bond acceptors (Lipinski definition) is 6. The van der Waals surface area contributed by atoms with Crippen LogP contribution < -0.4 is 10.3 Å². The van der Waals surface area contributed by atoms with Crippen molar-refractivity contribution in [3.8, 4) is 0 Å². The van der Waals surface area contributed by atoms with E-state index in [4.69, 9.17) is 16.3 Å². The zero-order valence-corrected chi connectivity index (χ0v) is 17.0. The number of nitrogens with one attached hydrogen (secondary N) is 1. The maximum atomic E-state index is 12.2. The maximum Gasteiger partial charge on any atom is 0.307 e. The van der Waals surface area contributed by atoms with Crippen LogP contribution in [0, 0.1) is 6.92 Å². The lowest BCUT2D eigenvalue weighted by molar-refractivity contribution is -0.144. The molecule has 0 aliphatic carbocycles. The number of esters is 1. The lowest BCUT2D eigenvalue weighted by atomic mass is 10.3. The average Bonchev–Trinajstić information content (AvgIpc) is 2.66. The van der Waals surface area contributed by atoms with Crippen LogP contribution in [0.3, 0.4) is 0 Å². The fraction of sp³-hybridized carbons (Fsp3) is 0.211. The smallest absolute Gasteiger partial charge is 0.307 e. The number of aromatic nitrogens is 2. The van der Waals surface area contributed by atoms with Crippen LogP contribution in [-0.2, 0) is 26.2 Å². The topological polar surface area (TPSA) is 107 Å². The van der Waals surface area contributed by atoms with E-state index in [2.05, 4.69) is 9.71 Å². The summed E-state index contributed by atoms with van der Waals surface area (Å²) in [7, 11) is -3.78. The number of halogens is 1. The van der Waals surface area contributed by atoms with Gasteiger partial charge in [0, 0.05) is 23.3 Å². The standard InChI is InChI=1S/C19H18ClN3O5S/c1-13-4-2-7-17-22-15(11-18(24)23(13)17)12-28-19(25)8-9-21-29(26,27)16-6-3-5-14(20)10-16/h2-7,10-11,21H,8-9,12H2,1H3. The molecule has 0 bridgehead atoms. The minimum absolute atomic E-state index is 0.00880. The van der Waals surface area contributed by atoms with Crippen LogP contribution in [0.15, 0.2) is 58.2 Å². The van der Waals surface area contributed by atoms with Gasteiger partial charge in [0.1, 0.15) is 12.3 Å². The van der Waals surface area contributed by atoms with Crippen molar-refractivity contribution in [3.63, 3.8) is 0 Å². The zero-order chi connectivity index (χ0) is 21.0.